The van der Waals surface area contributed by atoms with Crippen LogP contribution in [0.15, 0.2) is 46.0 Å². The van der Waals surface area contributed by atoms with Crippen LogP contribution in [0.4, 0.5) is 0 Å². The third-order valence-corrected chi connectivity index (χ3v) is 5.34. The van der Waals surface area contributed by atoms with E-state index in [-0.39, 0.29) is 22.5 Å². The van der Waals surface area contributed by atoms with Crippen LogP contribution in [0.2, 0.25) is 0 Å². The molecule has 0 bridgehead atoms. The first-order valence-electron chi connectivity index (χ1n) is 10.8. The van der Waals surface area contributed by atoms with Crippen molar-refractivity contribution in [2.45, 2.75) is 51.6 Å². The summed E-state index contributed by atoms with van der Waals surface area (Å²) in [5.74, 6) is -1.04. The number of carbonyl (C=O) groups is 2. The number of esters is 1. The summed E-state index contributed by atoms with van der Waals surface area (Å²) in [7, 11) is 1.23. The minimum atomic E-state index is -0.763. The van der Waals surface area contributed by atoms with Crippen molar-refractivity contribution in [2.75, 3.05) is 7.11 Å². The molecule has 1 saturated carbocycles. The van der Waals surface area contributed by atoms with Crippen LogP contribution in [0, 0.1) is 0 Å². The van der Waals surface area contributed by atoms with Crippen molar-refractivity contribution < 1.29 is 14.3 Å². The normalized spacial score (nSPS) is 13.7. The van der Waals surface area contributed by atoms with Crippen LogP contribution in [-0.2, 0) is 16.1 Å². The van der Waals surface area contributed by atoms with Crippen LogP contribution < -0.4 is 16.6 Å². The zero-order valence-corrected chi connectivity index (χ0v) is 19.0. The molecule has 0 spiro atoms. The Morgan fingerprint density at radius 2 is 1.82 bits per heavy atom. The summed E-state index contributed by atoms with van der Waals surface area (Å²) in [5.41, 5.74) is -0.810. The van der Waals surface area contributed by atoms with Crippen molar-refractivity contribution in [2.24, 2.45) is 0 Å². The van der Waals surface area contributed by atoms with E-state index in [4.69, 9.17) is 4.74 Å². The van der Waals surface area contributed by atoms with Crippen LogP contribution in [0.1, 0.15) is 55.6 Å². The number of hydrogen-bond donors (Lipinski definition) is 1. The van der Waals surface area contributed by atoms with Crippen molar-refractivity contribution in [1.29, 1.82) is 0 Å². The Morgan fingerprint density at radius 3 is 2.39 bits per heavy atom. The first kappa shape index (κ1) is 22.4. The quantitative estimate of drug-likeness (QED) is 0.596. The summed E-state index contributed by atoms with van der Waals surface area (Å²) in [4.78, 5) is 57.0. The number of rotatable bonds is 5. The lowest BCUT2D eigenvalue weighted by Gasteiger charge is -2.21. The van der Waals surface area contributed by atoms with Crippen molar-refractivity contribution >= 4 is 22.9 Å². The fraction of sp³-hybridized carbons (Fsp3) is 0.375. The van der Waals surface area contributed by atoms with Gasteiger partial charge >= 0.3 is 11.7 Å². The Balaban J connectivity index is 2.07. The SMILES string of the molecule is COC(=O)c1cc(C2CC2)nc2c1c(=O)n(CC(=O)NC(C)(C)C)c(=O)n2-c1ccccc1. The summed E-state index contributed by atoms with van der Waals surface area (Å²) < 4.78 is 7.05. The molecule has 9 nitrogen and oxygen atoms in total. The Labute approximate surface area is 190 Å². The topological polar surface area (TPSA) is 112 Å². The van der Waals surface area contributed by atoms with Gasteiger partial charge in [0.2, 0.25) is 5.91 Å². The molecule has 2 heterocycles. The first-order valence-corrected chi connectivity index (χ1v) is 10.8. The number of para-hydroxylation sites is 1. The lowest BCUT2D eigenvalue weighted by atomic mass is 10.1. The number of hydrogen-bond acceptors (Lipinski definition) is 6. The van der Waals surface area contributed by atoms with E-state index >= 15 is 0 Å². The van der Waals surface area contributed by atoms with E-state index in [9.17, 15) is 19.2 Å². The number of pyridine rings is 1. The molecule has 2 aromatic heterocycles. The number of ether oxygens (including phenoxy) is 1. The number of nitrogens with one attached hydrogen (secondary N) is 1. The predicted octanol–water partition coefficient (Wildman–Crippen LogP) is 2.13. The number of amides is 1. The Bertz CT molecular complexity index is 1360. The smallest absolute Gasteiger partial charge is 0.338 e. The van der Waals surface area contributed by atoms with E-state index in [0.717, 1.165) is 17.4 Å². The average Bonchev–Trinajstić information content (AvgIpc) is 3.60. The maximum absolute atomic E-state index is 13.5. The van der Waals surface area contributed by atoms with Gasteiger partial charge in [0.05, 0.1) is 23.7 Å². The third-order valence-electron chi connectivity index (χ3n) is 5.34. The zero-order valence-electron chi connectivity index (χ0n) is 19.0. The summed E-state index contributed by atoms with van der Waals surface area (Å²) in [6.45, 7) is 4.90. The van der Waals surface area contributed by atoms with Crippen LogP contribution in [0.5, 0.6) is 0 Å². The van der Waals surface area contributed by atoms with Gasteiger partial charge in [0.15, 0.2) is 5.65 Å². The van der Waals surface area contributed by atoms with Gasteiger partial charge in [0.25, 0.3) is 5.56 Å². The number of nitrogens with zero attached hydrogens (tertiary/aromatic N) is 3. The number of carbonyl (C=O) groups excluding carboxylic acids is 2. The summed E-state index contributed by atoms with van der Waals surface area (Å²) in [6.07, 6.45) is 1.83. The molecule has 9 heteroatoms. The molecule has 4 rings (SSSR count). The first-order chi connectivity index (χ1) is 15.6. The number of benzene rings is 1. The standard InChI is InChI=1S/C24H26N4O5/c1-24(2,3)26-18(29)13-27-21(30)19-16(22(31)33-4)12-17(14-10-11-14)25-20(19)28(23(27)32)15-8-6-5-7-9-15/h5-9,12,14H,10-11,13H2,1-4H3,(H,26,29). The number of methoxy groups -OCH3 is 1. The zero-order chi connectivity index (χ0) is 23.9. The van der Waals surface area contributed by atoms with Crippen LogP contribution in [0.25, 0.3) is 16.7 Å². The highest BCUT2D eigenvalue weighted by atomic mass is 16.5. The second kappa shape index (κ2) is 8.31. The largest absolute Gasteiger partial charge is 0.465 e. The minimum Gasteiger partial charge on any atom is -0.465 e. The summed E-state index contributed by atoms with van der Waals surface area (Å²) >= 11 is 0. The van der Waals surface area contributed by atoms with Gasteiger partial charge < -0.3 is 10.1 Å². The van der Waals surface area contributed by atoms with Crippen molar-refractivity contribution in [3.05, 3.63) is 68.5 Å². The molecule has 0 aliphatic heterocycles. The summed E-state index contributed by atoms with van der Waals surface area (Å²) in [6, 6.07) is 10.3. The number of fused-ring (bicyclic) bond motifs is 1. The van der Waals surface area contributed by atoms with Gasteiger partial charge in [0, 0.05) is 17.2 Å². The van der Waals surface area contributed by atoms with E-state index < -0.39 is 35.2 Å². The number of aromatic nitrogens is 3. The van der Waals surface area contributed by atoms with E-state index in [0.29, 0.717) is 11.4 Å². The molecule has 1 aliphatic rings. The molecular weight excluding hydrogens is 424 g/mol. The average molecular weight is 450 g/mol. The molecule has 0 saturated heterocycles. The minimum absolute atomic E-state index is 0.0315. The lowest BCUT2D eigenvalue weighted by molar-refractivity contribution is -0.123. The highest BCUT2D eigenvalue weighted by Gasteiger charge is 2.30. The van der Waals surface area contributed by atoms with Gasteiger partial charge in [-0.2, -0.15) is 0 Å². The molecule has 33 heavy (non-hydrogen) atoms. The Hall–Kier alpha value is -3.75. The Kier molecular flexibility index (Phi) is 5.65. The van der Waals surface area contributed by atoms with Gasteiger partial charge in [-0.15, -0.1) is 0 Å². The molecule has 172 valence electrons. The highest BCUT2D eigenvalue weighted by Crippen LogP contribution is 2.40. The van der Waals surface area contributed by atoms with Crippen molar-refractivity contribution in [3.8, 4) is 5.69 Å². The van der Waals surface area contributed by atoms with Crippen LogP contribution >= 0.6 is 0 Å². The predicted molar refractivity (Wildman–Crippen MR) is 123 cm³/mol. The monoisotopic (exact) mass is 450 g/mol. The van der Waals surface area contributed by atoms with Crippen molar-refractivity contribution in [3.63, 3.8) is 0 Å². The second-order valence-electron chi connectivity index (χ2n) is 9.20. The molecule has 1 aromatic carbocycles. The third kappa shape index (κ3) is 4.44. The molecule has 1 fully saturated rings. The van der Waals surface area contributed by atoms with Crippen LogP contribution in [-0.4, -0.2) is 38.6 Å². The molecule has 3 aromatic rings. The lowest BCUT2D eigenvalue weighted by Crippen LogP contribution is -2.47. The molecule has 1 amide bonds. The second-order valence-corrected chi connectivity index (χ2v) is 9.20. The van der Waals surface area contributed by atoms with Gasteiger partial charge in [-0.3, -0.25) is 9.59 Å². The van der Waals surface area contributed by atoms with Gasteiger partial charge in [0.1, 0.15) is 6.54 Å². The van der Waals surface area contributed by atoms with Gasteiger partial charge in [-0.05, 0) is 51.8 Å². The van der Waals surface area contributed by atoms with Gasteiger partial charge in [-0.25, -0.2) is 23.7 Å². The van der Waals surface area contributed by atoms with E-state index in [2.05, 4.69) is 10.3 Å². The van der Waals surface area contributed by atoms with Crippen molar-refractivity contribution in [1.82, 2.24) is 19.4 Å². The molecule has 1 aliphatic carbocycles. The molecule has 0 unspecified atom stereocenters. The van der Waals surface area contributed by atoms with E-state index in [1.54, 1.807) is 57.2 Å². The fourth-order valence-electron chi connectivity index (χ4n) is 3.77. The molecule has 0 atom stereocenters. The Morgan fingerprint density at radius 1 is 1.15 bits per heavy atom. The maximum atomic E-state index is 13.5. The highest BCUT2D eigenvalue weighted by molar-refractivity contribution is 6.02. The maximum Gasteiger partial charge on any atom is 0.338 e. The van der Waals surface area contributed by atoms with Gasteiger partial charge in [-0.1, -0.05) is 18.2 Å². The van der Waals surface area contributed by atoms with E-state index in [1.165, 1.54) is 11.7 Å². The molecule has 0 radical (unpaired) electrons. The fourth-order valence-corrected chi connectivity index (χ4v) is 3.77. The molecule has 1 N–H and O–H groups in total. The van der Waals surface area contributed by atoms with E-state index in [1.807, 2.05) is 0 Å². The molecular formula is C24H26N4O5. The summed E-state index contributed by atoms with van der Waals surface area (Å²) in [5, 5.41) is 2.70. The van der Waals surface area contributed by atoms with Crippen LogP contribution in [0.3, 0.4) is 0 Å².